The second-order valence-electron chi connectivity index (χ2n) is 4.23. The second-order valence-corrected chi connectivity index (χ2v) is 4.23. The van der Waals surface area contributed by atoms with Gasteiger partial charge in [-0.3, -0.25) is 9.78 Å². The van der Waals surface area contributed by atoms with Crippen LogP contribution in [0.3, 0.4) is 0 Å². The van der Waals surface area contributed by atoms with Crippen LogP contribution in [-0.4, -0.2) is 34.9 Å². The van der Waals surface area contributed by atoms with Gasteiger partial charge in [-0.2, -0.15) is 0 Å². The summed E-state index contributed by atoms with van der Waals surface area (Å²) in [5, 5.41) is 0. The number of benzene rings is 1. The number of carbonyl (C=O) groups excluding carboxylic acids is 2. The largest absolute Gasteiger partial charge is 0.497 e. The Morgan fingerprint density at radius 2 is 1.86 bits per heavy atom. The lowest BCUT2D eigenvalue weighted by molar-refractivity contribution is 0.0312. The Labute approximate surface area is 121 Å². The lowest BCUT2D eigenvalue weighted by Crippen LogP contribution is -2.24. The van der Waals surface area contributed by atoms with E-state index in [-0.39, 0.29) is 11.5 Å². The molecule has 0 saturated heterocycles. The Kier molecular flexibility index (Phi) is 4.61. The van der Waals surface area contributed by atoms with E-state index in [1.54, 1.807) is 31.4 Å². The number of esters is 1. The first kappa shape index (κ1) is 14.6. The molecule has 1 aromatic heterocycles. The predicted molar refractivity (Wildman–Crippen MR) is 74.2 cm³/mol. The van der Waals surface area contributed by atoms with Gasteiger partial charge in [0.2, 0.25) is 5.78 Å². The van der Waals surface area contributed by atoms with Crippen LogP contribution in [0.15, 0.2) is 42.9 Å². The number of ketones is 1. The fraction of sp³-hybridized carbons (Fsp3) is 0.200. The Hall–Kier alpha value is -2.76. The molecule has 0 aliphatic rings. The molecule has 1 aromatic carbocycles. The van der Waals surface area contributed by atoms with E-state index in [1.165, 1.54) is 25.5 Å². The molecular formula is C15H14N2O4. The van der Waals surface area contributed by atoms with Crippen molar-refractivity contribution < 1.29 is 19.1 Å². The maximum absolute atomic E-state index is 12.2. The summed E-state index contributed by atoms with van der Waals surface area (Å²) >= 11 is 0. The number of methoxy groups -OCH3 is 1. The van der Waals surface area contributed by atoms with E-state index >= 15 is 0 Å². The van der Waals surface area contributed by atoms with Crippen molar-refractivity contribution in [2.24, 2.45) is 0 Å². The van der Waals surface area contributed by atoms with Gasteiger partial charge in [0.05, 0.1) is 13.3 Å². The summed E-state index contributed by atoms with van der Waals surface area (Å²) in [5.41, 5.74) is 0.502. The van der Waals surface area contributed by atoms with Gasteiger partial charge in [0, 0.05) is 18.0 Å². The normalized spacial score (nSPS) is 11.5. The summed E-state index contributed by atoms with van der Waals surface area (Å²) in [4.78, 5) is 31.5. The Bertz CT molecular complexity index is 626. The maximum atomic E-state index is 12.2. The molecule has 1 atom stereocenters. The molecule has 0 amide bonds. The van der Waals surface area contributed by atoms with Gasteiger partial charge in [0.15, 0.2) is 11.8 Å². The number of carbonyl (C=O) groups is 2. The fourth-order valence-corrected chi connectivity index (χ4v) is 1.67. The molecule has 0 saturated carbocycles. The Morgan fingerprint density at radius 3 is 2.43 bits per heavy atom. The monoisotopic (exact) mass is 286 g/mol. The molecule has 21 heavy (non-hydrogen) atoms. The molecule has 2 rings (SSSR count). The molecular weight excluding hydrogens is 272 g/mol. The number of hydrogen-bond acceptors (Lipinski definition) is 6. The van der Waals surface area contributed by atoms with Crippen LogP contribution in [0.1, 0.15) is 27.8 Å². The molecule has 0 bridgehead atoms. The molecule has 108 valence electrons. The van der Waals surface area contributed by atoms with Crippen LogP contribution in [0.2, 0.25) is 0 Å². The molecule has 0 spiro atoms. The first-order valence-corrected chi connectivity index (χ1v) is 6.27. The van der Waals surface area contributed by atoms with E-state index in [2.05, 4.69) is 9.97 Å². The van der Waals surface area contributed by atoms with E-state index in [9.17, 15) is 9.59 Å². The third kappa shape index (κ3) is 3.62. The number of ether oxygens (including phenoxy) is 2. The summed E-state index contributed by atoms with van der Waals surface area (Å²) in [7, 11) is 1.54. The van der Waals surface area contributed by atoms with Crippen LogP contribution in [0, 0.1) is 0 Å². The van der Waals surface area contributed by atoms with Crippen molar-refractivity contribution >= 4 is 11.8 Å². The van der Waals surface area contributed by atoms with Crippen molar-refractivity contribution in [3.8, 4) is 5.75 Å². The van der Waals surface area contributed by atoms with Gasteiger partial charge in [0.25, 0.3) is 0 Å². The number of aromatic nitrogens is 2. The van der Waals surface area contributed by atoms with Crippen molar-refractivity contribution in [2.45, 2.75) is 13.0 Å². The van der Waals surface area contributed by atoms with Gasteiger partial charge in [-0.15, -0.1) is 0 Å². The standard InChI is InChI=1S/C15H14N2O4/c1-10(21-15(19)13-9-16-7-8-17-13)14(18)11-3-5-12(20-2)6-4-11/h3-10H,1-2H3/t10-/m0/s1. The zero-order valence-corrected chi connectivity index (χ0v) is 11.6. The van der Waals surface area contributed by atoms with Crippen LogP contribution >= 0.6 is 0 Å². The third-order valence-electron chi connectivity index (χ3n) is 2.80. The number of rotatable bonds is 5. The molecule has 0 radical (unpaired) electrons. The van der Waals surface area contributed by atoms with Gasteiger partial charge >= 0.3 is 5.97 Å². The minimum absolute atomic E-state index is 0.0619. The van der Waals surface area contributed by atoms with Crippen molar-refractivity contribution in [1.29, 1.82) is 0 Å². The van der Waals surface area contributed by atoms with Crippen LogP contribution in [0.5, 0.6) is 5.75 Å². The first-order chi connectivity index (χ1) is 10.1. The first-order valence-electron chi connectivity index (χ1n) is 6.27. The van der Waals surface area contributed by atoms with E-state index in [1.807, 2.05) is 0 Å². The minimum Gasteiger partial charge on any atom is -0.497 e. The summed E-state index contributed by atoms with van der Waals surface area (Å²) in [6.07, 6.45) is 3.20. The zero-order valence-electron chi connectivity index (χ0n) is 11.6. The third-order valence-corrected chi connectivity index (χ3v) is 2.80. The van der Waals surface area contributed by atoms with Crippen LogP contribution < -0.4 is 4.74 Å². The molecule has 0 N–H and O–H groups in total. The molecule has 0 aliphatic carbocycles. The Morgan fingerprint density at radius 1 is 1.14 bits per heavy atom. The quantitative estimate of drug-likeness (QED) is 0.617. The average Bonchev–Trinajstić information content (AvgIpc) is 2.55. The van der Waals surface area contributed by atoms with Gasteiger partial charge in [0.1, 0.15) is 5.75 Å². The SMILES string of the molecule is COc1ccc(C(=O)[C@H](C)OC(=O)c2cnccn2)cc1. The summed E-state index contributed by atoms with van der Waals surface area (Å²) < 4.78 is 10.1. The van der Waals surface area contributed by atoms with Gasteiger partial charge < -0.3 is 9.47 Å². The van der Waals surface area contributed by atoms with E-state index < -0.39 is 12.1 Å². The zero-order chi connectivity index (χ0) is 15.2. The van der Waals surface area contributed by atoms with Crippen LogP contribution in [0.4, 0.5) is 0 Å². The lowest BCUT2D eigenvalue weighted by Gasteiger charge is -2.12. The highest BCUT2D eigenvalue weighted by Crippen LogP contribution is 2.14. The second kappa shape index (κ2) is 6.60. The summed E-state index contributed by atoms with van der Waals surface area (Å²) in [6, 6.07) is 6.58. The van der Waals surface area contributed by atoms with Crippen LogP contribution in [0.25, 0.3) is 0 Å². The Balaban J connectivity index is 2.03. The highest BCUT2D eigenvalue weighted by Gasteiger charge is 2.21. The smallest absolute Gasteiger partial charge is 0.359 e. The summed E-state index contributed by atoms with van der Waals surface area (Å²) in [6.45, 7) is 1.51. The van der Waals surface area contributed by atoms with Crippen molar-refractivity contribution in [3.63, 3.8) is 0 Å². The minimum atomic E-state index is -0.909. The van der Waals surface area contributed by atoms with Crippen molar-refractivity contribution in [2.75, 3.05) is 7.11 Å². The predicted octanol–water partition coefficient (Wildman–Crippen LogP) is 1.91. The lowest BCUT2D eigenvalue weighted by atomic mass is 10.1. The number of Topliss-reactive ketones (excluding diaryl/α,β-unsaturated/α-hetero) is 1. The van der Waals surface area contributed by atoms with Gasteiger partial charge in [-0.25, -0.2) is 9.78 Å². The summed E-state index contributed by atoms with van der Waals surface area (Å²) in [5.74, 6) is -0.330. The van der Waals surface area contributed by atoms with Crippen LogP contribution in [-0.2, 0) is 4.74 Å². The highest BCUT2D eigenvalue weighted by molar-refractivity contribution is 6.01. The molecule has 1 heterocycles. The van der Waals surface area contributed by atoms with Gasteiger partial charge in [-0.1, -0.05) is 0 Å². The average molecular weight is 286 g/mol. The molecule has 0 aliphatic heterocycles. The van der Waals surface area contributed by atoms with E-state index in [0.29, 0.717) is 11.3 Å². The maximum Gasteiger partial charge on any atom is 0.359 e. The topological polar surface area (TPSA) is 78.4 Å². The van der Waals surface area contributed by atoms with Gasteiger partial charge in [-0.05, 0) is 31.2 Å². The highest BCUT2D eigenvalue weighted by atomic mass is 16.5. The van der Waals surface area contributed by atoms with E-state index in [4.69, 9.17) is 9.47 Å². The van der Waals surface area contributed by atoms with Crippen molar-refractivity contribution in [3.05, 3.63) is 54.1 Å². The molecule has 0 fully saturated rings. The molecule has 6 nitrogen and oxygen atoms in total. The molecule has 0 unspecified atom stereocenters. The van der Waals surface area contributed by atoms with E-state index in [0.717, 1.165) is 0 Å². The number of nitrogens with zero attached hydrogens (tertiary/aromatic N) is 2. The van der Waals surface area contributed by atoms with Crippen molar-refractivity contribution in [1.82, 2.24) is 9.97 Å². The number of hydrogen-bond donors (Lipinski definition) is 0. The molecule has 6 heteroatoms. The molecule has 2 aromatic rings. The fourth-order valence-electron chi connectivity index (χ4n) is 1.67.